The quantitative estimate of drug-likeness (QED) is 0.785. The number of fused-ring (bicyclic) bond motifs is 1. The first kappa shape index (κ1) is 10.5. The summed E-state index contributed by atoms with van der Waals surface area (Å²) in [6.45, 7) is 4.28. The Labute approximate surface area is 100 Å². The maximum absolute atomic E-state index is 11.8. The van der Waals surface area contributed by atoms with Crippen LogP contribution in [0.3, 0.4) is 0 Å². The predicted octanol–water partition coefficient (Wildman–Crippen LogP) is 1.72. The lowest BCUT2D eigenvalue weighted by Gasteiger charge is -2.12. The minimum Gasteiger partial charge on any atom is -0.295 e. The number of rotatable bonds is 2. The summed E-state index contributed by atoms with van der Waals surface area (Å²) in [5, 5.41) is 2.42. The van der Waals surface area contributed by atoms with Crippen LogP contribution in [0.25, 0.3) is 0 Å². The van der Waals surface area contributed by atoms with Crippen LogP contribution >= 0.6 is 0 Å². The third kappa shape index (κ3) is 1.28. The second-order valence-corrected chi connectivity index (χ2v) is 5.32. The summed E-state index contributed by atoms with van der Waals surface area (Å²) in [7, 11) is 0. The van der Waals surface area contributed by atoms with E-state index in [0.29, 0.717) is 12.3 Å². The van der Waals surface area contributed by atoms with Gasteiger partial charge in [0.1, 0.15) is 0 Å². The van der Waals surface area contributed by atoms with Crippen LogP contribution in [0.5, 0.6) is 0 Å². The third-order valence-corrected chi connectivity index (χ3v) is 4.01. The molecule has 2 aliphatic rings. The van der Waals surface area contributed by atoms with Crippen molar-refractivity contribution in [3.63, 3.8) is 0 Å². The molecule has 0 spiro atoms. The van der Waals surface area contributed by atoms with Crippen LogP contribution in [-0.2, 0) is 15.0 Å². The van der Waals surface area contributed by atoms with Gasteiger partial charge in [-0.3, -0.25) is 14.9 Å². The van der Waals surface area contributed by atoms with E-state index in [9.17, 15) is 9.59 Å². The summed E-state index contributed by atoms with van der Waals surface area (Å²) < 4.78 is 0. The van der Waals surface area contributed by atoms with Gasteiger partial charge in [-0.15, -0.1) is 0 Å². The SMILES string of the molecule is CC(C)c1ccc([C@]23C[C@@H]2C(=O)NC3=O)cc1. The van der Waals surface area contributed by atoms with E-state index in [0.717, 1.165) is 5.56 Å². The van der Waals surface area contributed by atoms with E-state index < -0.39 is 5.41 Å². The van der Waals surface area contributed by atoms with Crippen LogP contribution in [0.4, 0.5) is 0 Å². The topological polar surface area (TPSA) is 46.2 Å². The zero-order valence-electron chi connectivity index (χ0n) is 9.99. The van der Waals surface area contributed by atoms with E-state index >= 15 is 0 Å². The fourth-order valence-electron chi connectivity index (χ4n) is 2.76. The fraction of sp³-hybridized carbons (Fsp3) is 0.429. The molecule has 1 N–H and O–H groups in total. The van der Waals surface area contributed by atoms with E-state index in [4.69, 9.17) is 0 Å². The normalized spacial score (nSPS) is 30.4. The predicted molar refractivity (Wildman–Crippen MR) is 63.5 cm³/mol. The highest BCUT2D eigenvalue weighted by molar-refractivity contribution is 6.15. The summed E-state index contributed by atoms with van der Waals surface area (Å²) in [6, 6.07) is 8.10. The van der Waals surface area contributed by atoms with Crippen LogP contribution in [0, 0.1) is 5.92 Å². The Balaban J connectivity index is 1.96. The maximum Gasteiger partial charge on any atom is 0.238 e. The number of nitrogens with one attached hydrogen (secondary N) is 1. The van der Waals surface area contributed by atoms with Gasteiger partial charge in [-0.05, 0) is 23.5 Å². The van der Waals surface area contributed by atoms with Crippen LogP contribution in [0.2, 0.25) is 0 Å². The molecule has 1 saturated heterocycles. The highest BCUT2D eigenvalue weighted by Gasteiger charge is 2.69. The van der Waals surface area contributed by atoms with Crippen molar-refractivity contribution in [2.45, 2.75) is 31.6 Å². The monoisotopic (exact) mass is 229 g/mol. The lowest BCUT2D eigenvalue weighted by Crippen LogP contribution is -2.30. The van der Waals surface area contributed by atoms with E-state index in [1.807, 2.05) is 12.1 Å². The number of carbonyl (C=O) groups excluding carboxylic acids is 2. The Morgan fingerprint density at radius 2 is 1.88 bits per heavy atom. The lowest BCUT2D eigenvalue weighted by atomic mass is 9.92. The molecule has 88 valence electrons. The molecule has 1 aromatic carbocycles. The molecule has 3 nitrogen and oxygen atoms in total. The van der Waals surface area contributed by atoms with Crippen molar-refractivity contribution in [2.75, 3.05) is 0 Å². The summed E-state index contributed by atoms with van der Waals surface area (Å²) in [4.78, 5) is 23.3. The van der Waals surface area contributed by atoms with Gasteiger partial charge in [0.15, 0.2) is 0 Å². The summed E-state index contributed by atoms with van der Waals surface area (Å²) in [6.07, 6.45) is 0.679. The Morgan fingerprint density at radius 1 is 1.24 bits per heavy atom. The van der Waals surface area contributed by atoms with Crippen molar-refractivity contribution in [3.05, 3.63) is 35.4 Å². The van der Waals surface area contributed by atoms with Crippen LogP contribution in [-0.4, -0.2) is 11.8 Å². The number of amides is 2. The number of imide groups is 1. The van der Waals surface area contributed by atoms with Gasteiger partial charge in [-0.25, -0.2) is 0 Å². The Kier molecular flexibility index (Phi) is 1.97. The van der Waals surface area contributed by atoms with Crippen LogP contribution in [0.1, 0.15) is 37.3 Å². The zero-order valence-corrected chi connectivity index (χ0v) is 9.99. The fourth-order valence-corrected chi connectivity index (χ4v) is 2.76. The molecular weight excluding hydrogens is 214 g/mol. The van der Waals surface area contributed by atoms with Crippen molar-refractivity contribution in [1.82, 2.24) is 5.32 Å². The number of carbonyl (C=O) groups is 2. The second-order valence-electron chi connectivity index (χ2n) is 5.32. The molecule has 0 unspecified atom stereocenters. The highest BCUT2D eigenvalue weighted by Crippen LogP contribution is 2.57. The largest absolute Gasteiger partial charge is 0.295 e. The van der Waals surface area contributed by atoms with Crippen LogP contribution in [0.15, 0.2) is 24.3 Å². The molecule has 2 fully saturated rings. The van der Waals surface area contributed by atoms with Gasteiger partial charge in [0.25, 0.3) is 0 Å². The van der Waals surface area contributed by atoms with Gasteiger partial charge in [0.05, 0.1) is 11.3 Å². The molecule has 1 aliphatic heterocycles. The maximum atomic E-state index is 11.8. The first-order valence-electron chi connectivity index (χ1n) is 6.01. The van der Waals surface area contributed by atoms with Crippen molar-refractivity contribution < 1.29 is 9.59 Å². The Hall–Kier alpha value is -1.64. The minimum atomic E-state index is -0.535. The Bertz CT molecular complexity index is 503. The molecule has 2 amide bonds. The van der Waals surface area contributed by atoms with Gasteiger partial charge in [-0.2, -0.15) is 0 Å². The standard InChI is InChI=1S/C14H15NO2/c1-8(2)9-3-5-10(6-4-9)14-7-11(14)12(16)15-13(14)17/h3-6,8,11H,7H2,1-2H3,(H,15,16,17)/t11-,14-/m1/s1. The average Bonchev–Trinajstić information content (AvgIpc) is 3.00. The number of piperidine rings is 1. The van der Waals surface area contributed by atoms with Gasteiger partial charge < -0.3 is 0 Å². The summed E-state index contributed by atoms with van der Waals surface area (Å²) in [5.41, 5.74) is 1.70. The van der Waals surface area contributed by atoms with Crippen molar-refractivity contribution in [1.29, 1.82) is 0 Å². The second kappa shape index (κ2) is 3.19. The van der Waals surface area contributed by atoms with Gasteiger partial charge in [0.2, 0.25) is 11.8 Å². The molecule has 2 atom stereocenters. The van der Waals surface area contributed by atoms with E-state index in [-0.39, 0.29) is 17.7 Å². The van der Waals surface area contributed by atoms with E-state index in [1.165, 1.54) is 5.56 Å². The molecule has 3 heteroatoms. The number of hydrogen-bond acceptors (Lipinski definition) is 2. The smallest absolute Gasteiger partial charge is 0.238 e. The number of hydrogen-bond donors (Lipinski definition) is 1. The van der Waals surface area contributed by atoms with E-state index in [1.54, 1.807) is 0 Å². The van der Waals surface area contributed by atoms with Crippen molar-refractivity contribution in [3.8, 4) is 0 Å². The van der Waals surface area contributed by atoms with Crippen molar-refractivity contribution in [2.24, 2.45) is 5.92 Å². The molecule has 17 heavy (non-hydrogen) atoms. The molecule has 0 radical (unpaired) electrons. The van der Waals surface area contributed by atoms with Gasteiger partial charge >= 0.3 is 0 Å². The first-order chi connectivity index (χ1) is 8.05. The molecule has 1 heterocycles. The van der Waals surface area contributed by atoms with Gasteiger partial charge in [0, 0.05) is 0 Å². The molecule has 3 rings (SSSR count). The zero-order chi connectivity index (χ0) is 12.2. The van der Waals surface area contributed by atoms with Gasteiger partial charge in [-0.1, -0.05) is 38.1 Å². The summed E-state index contributed by atoms with van der Waals surface area (Å²) in [5.74, 6) is 0.128. The van der Waals surface area contributed by atoms with E-state index in [2.05, 4.69) is 31.3 Å². The highest BCUT2D eigenvalue weighted by atomic mass is 16.2. The third-order valence-electron chi connectivity index (χ3n) is 4.01. The minimum absolute atomic E-state index is 0.108. The molecule has 0 aromatic heterocycles. The molecular formula is C14H15NO2. The lowest BCUT2D eigenvalue weighted by molar-refractivity contribution is -0.127. The molecule has 0 bridgehead atoms. The summed E-state index contributed by atoms with van der Waals surface area (Å²) >= 11 is 0. The molecule has 1 aromatic rings. The number of benzene rings is 1. The molecule has 1 saturated carbocycles. The first-order valence-corrected chi connectivity index (χ1v) is 6.01. The Morgan fingerprint density at radius 3 is 2.29 bits per heavy atom. The van der Waals surface area contributed by atoms with Crippen molar-refractivity contribution >= 4 is 11.8 Å². The molecule has 1 aliphatic carbocycles. The van der Waals surface area contributed by atoms with Crippen LogP contribution < -0.4 is 5.32 Å². The average molecular weight is 229 g/mol.